The Bertz CT molecular complexity index is 242. The number of carbonyl (C=O) groups is 1. The summed E-state index contributed by atoms with van der Waals surface area (Å²) >= 11 is 0. The van der Waals surface area contributed by atoms with E-state index in [4.69, 9.17) is 0 Å². The molecule has 1 amide bonds. The fourth-order valence-electron chi connectivity index (χ4n) is 2.06. The van der Waals surface area contributed by atoms with E-state index in [9.17, 15) is 4.79 Å². The maximum Gasteiger partial charge on any atom is 0.243 e. The molecule has 86 valence electrons. The molecule has 1 saturated heterocycles. The van der Waals surface area contributed by atoms with Crippen LogP contribution >= 0.6 is 0 Å². The highest BCUT2D eigenvalue weighted by Crippen LogP contribution is 2.22. The predicted octanol–water partition coefficient (Wildman–Crippen LogP) is 1.55. The highest BCUT2D eigenvalue weighted by molar-refractivity contribution is 5.86. The van der Waals surface area contributed by atoms with Crippen molar-refractivity contribution < 1.29 is 4.79 Å². The van der Waals surface area contributed by atoms with Crippen LogP contribution in [0.4, 0.5) is 0 Å². The Balaban J connectivity index is 2.74. The minimum Gasteiger partial charge on any atom is -0.335 e. The Hall–Kier alpha value is -0.830. The molecule has 0 aromatic rings. The summed E-state index contributed by atoms with van der Waals surface area (Å²) in [6.45, 7) is 11.4. The van der Waals surface area contributed by atoms with Gasteiger partial charge in [0.25, 0.3) is 0 Å². The molecular weight excluding hydrogens is 188 g/mol. The van der Waals surface area contributed by atoms with Crippen LogP contribution in [0.5, 0.6) is 0 Å². The van der Waals surface area contributed by atoms with Gasteiger partial charge in [-0.1, -0.05) is 6.08 Å². The first-order chi connectivity index (χ1) is 7.01. The van der Waals surface area contributed by atoms with E-state index >= 15 is 0 Å². The Morgan fingerprint density at radius 3 is 2.73 bits per heavy atom. The summed E-state index contributed by atoms with van der Waals surface area (Å²) in [7, 11) is 0. The molecule has 0 aromatic carbocycles. The summed E-state index contributed by atoms with van der Waals surface area (Å²) in [5.74, 6) is 0.204. The molecule has 0 aliphatic carbocycles. The van der Waals surface area contributed by atoms with Gasteiger partial charge in [0.05, 0.1) is 5.54 Å². The number of nitrogens with one attached hydrogen (secondary N) is 1. The lowest BCUT2D eigenvalue weighted by molar-refractivity contribution is -0.138. The summed E-state index contributed by atoms with van der Waals surface area (Å²) < 4.78 is 0. The van der Waals surface area contributed by atoms with Crippen LogP contribution in [0.2, 0.25) is 0 Å². The van der Waals surface area contributed by atoms with Gasteiger partial charge in [0.2, 0.25) is 5.91 Å². The van der Waals surface area contributed by atoms with Crippen LogP contribution in [0.1, 0.15) is 33.6 Å². The van der Waals surface area contributed by atoms with Crippen LogP contribution in [0.15, 0.2) is 12.7 Å². The van der Waals surface area contributed by atoms with E-state index in [0.717, 1.165) is 19.4 Å². The standard InChI is InChI=1S/C12H22N2O/c1-5-9-14(10(2)3)11(15)12(4)7-6-8-13-12/h5,10,13H,1,6-9H2,2-4H3. The molecule has 1 fully saturated rings. The third-order valence-electron chi connectivity index (χ3n) is 3.05. The van der Waals surface area contributed by atoms with E-state index in [2.05, 4.69) is 11.9 Å². The largest absolute Gasteiger partial charge is 0.335 e. The first-order valence-electron chi connectivity index (χ1n) is 5.68. The molecule has 1 aliphatic heterocycles. The normalized spacial score (nSPS) is 25.6. The van der Waals surface area contributed by atoms with Gasteiger partial charge in [-0.25, -0.2) is 0 Å². The Morgan fingerprint density at radius 2 is 2.33 bits per heavy atom. The van der Waals surface area contributed by atoms with Gasteiger partial charge in [-0.3, -0.25) is 4.79 Å². The number of hydrogen-bond acceptors (Lipinski definition) is 2. The molecule has 0 radical (unpaired) electrons. The summed E-state index contributed by atoms with van der Waals surface area (Å²) in [5, 5.41) is 3.30. The first-order valence-corrected chi connectivity index (χ1v) is 5.68. The van der Waals surface area contributed by atoms with Gasteiger partial charge in [0.15, 0.2) is 0 Å². The average molecular weight is 210 g/mol. The van der Waals surface area contributed by atoms with Crippen molar-refractivity contribution in [2.75, 3.05) is 13.1 Å². The van der Waals surface area contributed by atoms with Crippen LogP contribution < -0.4 is 5.32 Å². The van der Waals surface area contributed by atoms with Crippen molar-refractivity contribution in [3.05, 3.63) is 12.7 Å². The third-order valence-corrected chi connectivity index (χ3v) is 3.05. The van der Waals surface area contributed by atoms with Crippen molar-refractivity contribution in [2.24, 2.45) is 0 Å². The van der Waals surface area contributed by atoms with Crippen LogP contribution in [-0.2, 0) is 4.79 Å². The van der Waals surface area contributed by atoms with E-state index in [0.29, 0.717) is 6.54 Å². The van der Waals surface area contributed by atoms with Gasteiger partial charge in [-0.05, 0) is 40.2 Å². The SMILES string of the molecule is C=CCN(C(=O)C1(C)CCCN1)C(C)C. The van der Waals surface area contributed by atoms with Gasteiger partial charge < -0.3 is 10.2 Å². The van der Waals surface area contributed by atoms with Crippen molar-refractivity contribution in [3.8, 4) is 0 Å². The number of hydrogen-bond donors (Lipinski definition) is 1. The van der Waals surface area contributed by atoms with Gasteiger partial charge in [-0.2, -0.15) is 0 Å². The van der Waals surface area contributed by atoms with Crippen molar-refractivity contribution in [3.63, 3.8) is 0 Å². The summed E-state index contributed by atoms with van der Waals surface area (Å²) in [5.41, 5.74) is -0.354. The number of amides is 1. The van der Waals surface area contributed by atoms with Gasteiger partial charge in [-0.15, -0.1) is 6.58 Å². The molecule has 1 heterocycles. The highest BCUT2D eigenvalue weighted by atomic mass is 16.2. The van der Waals surface area contributed by atoms with Crippen LogP contribution in [0, 0.1) is 0 Å². The fourth-order valence-corrected chi connectivity index (χ4v) is 2.06. The number of nitrogens with zero attached hydrogens (tertiary/aromatic N) is 1. The zero-order valence-electron chi connectivity index (χ0n) is 10.0. The number of carbonyl (C=O) groups excluding carboxylic acids is 1. The lowest BCUT2D eigenvalue weighted by atomic mass is 9.97. The lowest BCUT2D eigenvalue weighted by Gasteiger charge is -2.34. The molecule has 15 heavy (non-hydrogen) atoms. The second-order valence-corrected chi connectivity index (χ2v) is 4.70. The Kier molecular flexibility index (Phi) is 3.91. The van der Waals surface area contributed by atoms with Gasteiger partial charge in [0.1, 0.15) is 0 Å². The zero-order valence-corrected chi connectivity index (χ0v) is 10.0. The lowest BCUT2D eigenvalue weighted by Crippen LogP contribution is -2.54. The van der Waals surface area contributed by atoms with E-state index in [1.165, 1.54) is 0 Å². The first kappa shape index (κ1) is 12.2. The zero-order chi connectivity index (χ0) is 11.5. The molecule has 1 unspecified atom stereocenters. The average Bonchev–Trinajstić information content (AvgIpc) is 2.61. The molecule has 0 aromatic heterocycles. The maximum atomic E-state index is 12.3. The molecule has 1 rings (SSSR count). The molecule has 1 N–H and O–H groups in total. The predicted molar refractivity (Wildman–Crippen MR) is 62.7 cm³/mol. The Morgan fingerprint density at radius 1 is 1.67 bits per heavy atom. The van der Waals surface area contributed by atoms with E-state index < -0.39 is 0 Å². The molecule has 1 atom stereocenters. The monoisotopic (exact) mass is 210 g/mol. The number of rotatable bonds is 4. The van der Waals surface area contributed by atoms with Gasteiger partial charge >= 0.3 is 0 Å². The van der Waals surface area contributed by atoms with E-state index in [1.54, 1.807) is 6.08 Å². The summed E-state index contributed by atoms with van der Waals surface area (Å²) in [4.78, 5) is 14.2. The van der Waals surface area contributed by atoms with E-state index in [-0.39, 0.29) is 17.5 Å². The molecular formula is C12H22N2O. The second-order valence-electron chi connectivity index (χ2n) is 4.70. The summed E-state index contributed by atoms with van der Waals surface area (Å²) in [6, 6.07) is 0.231. The van der Waals surface area contributed by atoms with Gasteiger partial charge in [0, 0.05) is 12.6 Å². The molecule has 0 bridgehead atoms. The molecule has 3 heteroatoms. The van der Waals surface area contributed by atoms with Crippen molar-refractivity contribution in [1.29, 1.82) is 0 Å². The smallest absolute Gasteiger partial charge is 0.243 e. The third kappa shape index (κ3) is 2.59. The summed E-state index contributed by atoms with van der Waals surface area (Å²) in [6.07, 6.45) is 3.81. The minimum atomic E-state index is -0.354. The minimum absolute atomic E-state index is 0.204. The Labute approximate surface area is 92.5 Å². The van der Waals surface area contributed by atoms with E-state index in [1.807, 2.05) is 25.7 Å². The molecule has 3 nitrogen and oxygen atoms in total. The van der Waals surface area contributed by atoms with Crippen molar-refractivity contribution in [2.45, 2.75) is 45.2 Å². The molecule has 1 aliphatic rings. The van der Waals surface area contributed by atoms with Crippen LogP contribution in [-0.4, -0.2) is 35.5 Å². The quantitative estimate of drug-likeness (QED) is 0.714. The second kappa shape index (κ2) is 4.79. The topological polar surface area (TPSA) is 32.3 Å². The highest BCUT2D eigenvalue weighted by Gasteiger charge is 2.39. The van der Waals surface area contributed by atoms with Crippen LogP contribution in [0.3, 0.4) is 0 Å². The van der Waals surface area contributed by atoms with Crippen molar-refractivity contribution in [1.82, 2.24) is 10.2 Å². The van der Waals surface area contributed by atoms with Crippen LogP contribution in [0.25, 0.3) is 0 Å². The fraction of sp³-hybridized carbons (Fsp3) is 0.750. The maximum absolute atomic E-state index is 12.3. The molecule has 0 saturated carbocycles. The van der Waals surface area contributed by atoms with Crippen molar-refractivity contribution >= 4 is 5.91 Å². The molecule has 0 spiro atoms.